The molecule has 0 aliphatic carbocycles. The van der Waals surface area contributed by atoms with Crippen LogP contribution in [-0.2, 0) is 4.79 Å². The molecule has 160 valence electrons. The van der Waals surface area contributed by atoms with E-state index in [0.29, 0.717) is 27.4 Å². The molecule has 0 spiro atoms. The Labute approximate surface area is 186 Å². The van der Waals surface area contributed by atoms with Gasteiger partial charge >= 0.3 is 0 Å². The Morgan fingerprint density at radius 3 is 2.81 bits per heavy atom. The van der Waals surface area contributed by atoms with Gasteiger partial charge in [-0.25, -0.2) is 4.98 Å². The number of carbonyl (C=O) groups is 3. The zero-order valence-corrected chi connectivity index (χ0v) is 17.4. The maximum atomic E-state index is 12.7. The Kier molecular flexibility index (Phi) is 5.20. The van der Waals surface area contributed by atoms with Crippen LogP contribution in [0.5, 0.6) is 11.5 Å². The van der Waals surface area contributed by atoms with Crippen molar-refractivity contribution < 1.29 is 23.9 Å². The molecule has 0 unspecified atom stereocenters. The van der Waals surface area contributed by atoms with Crippen LogP contribution in [0.2, 0.25) is 0 Å². The van der Waals surface area contributed by atoms with E-state index in [1.807, 2.05) is 12.1 Å². The van der Waals surface area contributed by atoms with Gasteiger partial charge in [-0.15, -0.1) is 0 Å². The van der Waals surface area contributed by atoms with Crippen molar-refractivity contribution in [2.75, 3.05) is 19.9 Å². The number of para-hydroxylation sites is 2. The Morgan fingerprint density at radius 1 is 1.12 bits per heavy atom. The van der Waals surface area contributed by atoms with Crippen molar-refractivity contribution in [3.8, 4) is 11.5 Å². The number of benzene rings is 2. The van der Waals surface area contributed by atoms with Gasteiger partial charge in [-0.05, 0) is 47.7 Å². The van der Waals surface area contributed by atoms with E-state index in [-0.39, 0.29) is 30.8 Å². The summed E-state index contributed by atoms with van der Waals surface area (Å²) in [5, 5.41) is 2.29. The van der Waals surface area contributed by atoms with Gasteiger partial charge in [-0.1, -0.05) is 18.2 Å². The number of hydrogen-bond donors (Lipinski definition) is 1. The van der Waals surface area contributed by atoms with E-state index < -0.39 is 11.8 Å². The molecule has 3 amide bonds. The van der Waals surface area contributed by atoms with Gasteiger partial charge in [0, 0.05) is 13.1 Å². The Hall–Kier alpha value is -3.92. The van der Waals surface area contributed by atoms with Crippen LogP contribution in [0.1, 0.15) is 16.1 Å². The zero-order chi connectivity index (χ0) is 22.1. The first kappa shape index (κ1) is 20.0. The van der Waals surface area contributed by atoms with Crippen molar-refractivity contribution in [2.45, 2.75) is 0 Å². The molecule has 2 aromatic carbocycles. The van der Waals surface area contributed by atoms with Gasteiger partial charge in [-0.2, -0.15) is 0 Å². The van der Waals surface area contributed by atoms with Crippen LogP contribution in [0.15, 0.2) is 53.6 Å². The fourth-order valence-corrected chi connectivity index (χ4v) is 4.15. The van der Waals surface area contributed by atoms with Gasteiger partial charge in [-0.3, -0.25) is 24.3 Å². The predicted molar refractivity (Wildman–Crippen MR) is 117 cm³/mol. The van der Waals surface area contributed by atoms with Crippen LogP contribution >= 0.6 is 11.8 Å². The molecular weight excluding hydrogens is 432 g/mol. The van der Waals surface area contributed by atoms with Crippen molar-refractivity contribution in [1.82, 2.24) is 20.2 Å². The number of ether oxygens (including phenoxy) is 2. The maximum Gasteiger partial charge on any atom is 0.293 e. The molecule has 1 fully saturated rings. The van der Waals surface area contributed by atoms with Crippen LogP contribution in [0, 0.1) is 0 Å². The van der Waals surface area contributed by atoms with E-state index >= 15 is 0 Å². The van der Waals surface area contributed by atoms with Gasteiger partial charge in [0.15, 0.2) is 11.5 Å². The van der Waals surface area contributed by atoms with Crippen molar-refractivity contribution in [2.24, 2.45) is 0 Å². The first-order chi connectivity index (χ1) is 15.6. The van der Waals surface area contributed by atoms with Crippen molar-refractivity contribution >= 4 is 45.9 Å². The minimum Gasteiger partial charge on any atom is -0.454 e. The summed E-state index contributed by atoms with van der Waals surface area (Å²) in [6.45, 7) is 0.310. The molecule has 0 atom stereocenters. The van der Waals surface area contributed by atoms with Crippen LogP contribution in [0.4, 0.5) is 4.79 Å². The largest absolute Gasteiger partial charge is 0.454 e. The monoisotopic (exact) mass is 448 g/mol. The maximum absolute atomic E-state index is 12.7. The first-order valence-corrected chi connectivity index (χ1v) is 10.6. The molecular formula is C22H16N4O5S. The fourth-order valence-electron chi connectivity index (χ4n) is 3.29. The van der Waals surface area contributed by atoms with E-state index in [2.05, 4.69) is 15.3 Å². The van der Waals surface area contributed by atoms with E-state index in [9.17, 15) is 14.4 Å². The summed E-state index contributed by atoms with van der Waals surface area (Å²) in [6.07, 6.45) is 3.03. The summed E-state index contributed by atoms with van der Waals surface area (Å²) in [4.78, 5) is 47.3. The number of nitrogens with zero attached hydrogens (tertiary/aromatic N) is 3. The molecule has 1 saturated heterocycles. The third-order valence-corrected chi connectivity index (χ3v) is 5.78. The third-order valence-electron chi connectivity index (χ3n) is 4.87. The topological polar surface area (TPSA) is 111 Å². The van der Waals surface area contributed by atoms with Gasteiger partial charge < -0.3 is 14.8 Å². The number of nitrogens with one attached hydrogen (secondary N) is 1. The molecule has 5 rings (SSSR count). The lowest BCUT2D eigenvalue weighted by atomic mass is 10.2. The van der Waals surface area contributed by atoms with Crippen LogP contribution < -0.4 is 14.8 Å². The van der Waals surface area contributed by atoms with Crippen molar-refractivity contribution in [1.29, 1.82) is 0 Å². The summed E-state index contributed by atoms with van der Waals surface area (Å²) < 4.78 is 10.6. The first-order valence-electron chi connectivity index (χ1n) is 9.73. The number of carbonyl (C=O) groups excluding carboxylic acids is 3. The molecule has 3 aromatic rings. The second-order valence-electron chi connectivity index (χ2n) is 6.95. The van der Waals surface area contributed by atoms with Crippen LogP contribution in [0.25, 0.3) is 17.1 Å². The van der Waals surface area contributed by atoms with E-state index in [0.717, 1.165) is 22.2 Å². The van der Waals surface area contributed by atoms with Crippen molar-refractivity contribution in [3.63, 3.8) is 0 Å². The molecule has 0 bridgehead atoms. The van der Waals surface area contributed by atoms with Crippen LogP contribution in [-0.4, -0.2) is 51.8 Å². The highest BCUT2D eigenvalue weighted by Gasteiger charge is 2.34. The number of hydrogen-bond acceptors (Lipinski definition) is 8. The van der Waals surface area contributed by atoms with Crippen LogP contribution in [0.3, 0.4) is 0 Å². The highest BCUT2D eigenvalue weighted by molar-refractivity contribution is 8.18. The predicted octanol–water partition coefficient (Wildman–Crippen LogP) is 2.82. The van der Waals surface area contributed by atoms with Gasteiger partial charge in [0.25, 0.3) is 17.1 Å². The zero-order valence-electron chi connectivity index (χ0n) is 16.6. The fraction of sp³-hybridized carbons (Fsp3) is 0.136. The Morgan fingerprint density at radius 2 is 1.94 bits per heavy atom. The lowest BCUT2D eigenvalue weighted by Crippen LogP contribution is -2.37. The quantitative estimate of drug-likeness (QED) is 0.594. The summed E-state index contributed by atoms with van der Waals surface area (Å²) in [5.41, 5.74) is 2.19. The van der Waals surface area contributed by atoms with E-state index in [1.54, 1.807) is 36.4 Å². The van der Waals surface area contributed by atoms with Gasteiger partial charge in [0.05, 0.1) is 22.1 Å². The Bertz CT molecular complexity index is 1290. The van der Waals surface area contributed by atoms with E-state index in [1.165, 1.54) is 6.20 Å². The molecule has 2 aliphatic rings. The number of rotatable bonds is 5. The number of imide groups is 1. The molecule has 1 N–H and O–H groups in total. The van der Waals surface area contributed by atoms with E-state index in [4.69, 9.17) is 9.47 Å². The second-order valence-corrected chi connectivity index (χ2v) is 7.94. The molecule has 0 saturated carbocycles. The average Bonchev–Trinajstić information content (AvgIpc) is 3.38. The molecule has 10 heteroatoms. The molecule has 1 aromatic heterocycles. The van der Waals surface area contributed by atoms with Gasteiger partial charge in [0.1, 0.15) is 5.69 Å². The molecule has 32 heavy (non-hydrogen) atoms. The van der Waals surface area contributed by atoms with Crippen molar-refractivity contribution in [3.05, 3.63) is 64.8 Å². The molecule has 3 heterocycles. The lowest BCUT2D eigenvalue weighted by Gasteiger charge is -2.12. The minimum absolute atomic E-state index is 0.0515. The number of fused-ring (bicyclic) bond motifs is 2. The summed E-state index contributed by atoms with van der Waals surface area (Å²) >= 11 is 0.858. The minimum atomic E-state index is -0.425. The molecule has 0 radical (unpaired) electrons. The third kappa shape index (κ3) is 3.87. The number of thioether (sulfide) groups is 1. The smallest absolute Gasteiger partial charge is 0.293 e. The summed E-state index contributed by atoms with van der Waals surface area (Å²) in [7, 11) is 0. The number of aromatic nitrogens is 2. The highest BCUT2D eigenvalue weighted by atomic mass is 32.2. The van der Waals surface area contributed by atoms with Gasteiger partial charge in [0.2, 0.25) is 6.79 Å². The standard InChI is InChI=1S/C22H16N4O5S/c27-20(16-11-24-14-3-1-2-4-15(14)25-16)23-7-8-26-21(28)19(32-22(26)29)10-13-5-6-17-18(9-13)31-12-30-17/h1-6,9-11H,7-8,12H2,(H,23,27). The summed E-state index contributed by atoms with van der Waals surface area (Å²) in [6, 6.07) is 12.5. The molecule has 9 nitrogen and oxygen atoms in total. The second kappa shape index (κ2) is 8.31. The molecule has 2 aliphatic heterocycles. The average molecular weight is 448 g/mol. The highest BCUT2D eigenvalue weighted by Crippen LogP contribution is 2.36. The Balaban J connectivity index is 1.21. The number of amides is 3. The lowest BCUT2D eigenvalue weighted by molar-refractivity contribution is -0.122. The summed E-state index contributed by atoms with van der Waals surface area (Å²) in [5.74, 6) is 0.406. The normalized spacial score (nSPS) is 16.2. The SMILES string of the molecule is O=C(NCCN1C(=O)SC(=Cc2ccc3c(c2)OCO3)C1=O)c1cnc2ccccc2n1.